The predicted molar refractivity (Wildman–Crippen MR) is 89.4 cm³/mol. The fourth-order valence-corrected chi connectivity index (χ4v) is 3.66. The number of nitrogens with one attached hydrogen (secondary N) is 2. The Kier molecular flexibility index (Phi) is 5.40. The van der Waals surface area contributed by atoms with E-state index in [-0.39, 0.29) is 18.0 Å². The molecule has 2 amide bonds. The van der Waals surface area contributed by atoms with Crippen LogP contribution in [-0.2, 0) is 9.47 Å². The van der Waals surface area contributed by atoms with Gasteiger partial charge >= 0.3 is 6.03 Å². The van der Waals surface area contributed by atoms with Crippen molar-refractivity contribution in [1.82, 2.24) is 20.2 Å². The van der Waals surface area contributed by atoms with Gasteiger partial charge in [-0.05, 0) is 32.1 Å². The lowest BCUT2D eigenvalue weighted by Gasteiger charge is -2.35. The Bertz CT molecular complexity index is 528. The Morgan fingerprint density at radius 1 is 1.50 bits per heavy atom. The van der Waals surface area contributed by atoms with Crippen LogP contribution in [0.4, 0.5) is 4.79 Å². The summed E-state index contributed by atoms with van der Waals surface area (Å²) in [5, 5.41) is 3.07. The first kappa shape index (κ1) is 17.2. The molecular weight excluding hydrogens is 308 g/mol. The molecule has 2 aliphatic heterocycles. The van der Waals surface area contributed by atoms with Gasteiger partial charge in [-0.15, -0.1) is 0 Å². The van der Waals surface area contributed by atoms with Gasteiger partial charge in [0.15, 0.2) is 5.79 Å². The van der Waals surface area contributed by atoms with Crippen LogP contribution in [0, 0.1) is 5.92 Å². The maximum absolute atomic E-state index is 12.6. The quantitative estimate of drug-likeness (QED) is 0.865. The molecule has 3 rings (SSSR count). The van der Waals surface area contributed by atoms with Crippen LogP contribution >= 0.6 is 0 Å². The van der Waals surface area contributed by atoms with Gasteiger partial charge in [-0.1, -0.05) is 6.92 Å². The molecule has 0 spiro atoms. The van der Waals surface area contributed by atoms with Gasteiger partial charge < -0.3 is 24.7 Å². The first-order valence-electron chi connectivity index (χ1n) is 8.89. The molecule has 2 atom stereocenters. The zero-order valence-corrected chi connectivity index (χ0v) is 14.6. The molecule has 2 saturated heterocycles. The highest BCUT2D eigenvalue weighted by Gasteiger charge is 2.33. The summed E-state index contributed by atoms with van der Waals surface area (Å²) in [5.74, 6) is 0.647. The molecule has 1 aromatic rings. The monoisotopic (exact) mass is 336 g/mol. The van der Waals surface area contributed by atoms with E-state index in [1.165, 1.54) is 0 Å². The van der Waals surface area contributed by atoms with Gasteiger partial charge in [0.2, 0.25) is 0 Å². The summed E-state index contributed by atoms with van der Waals surface area (Å²) >= 11 is 0. The molecule has 0 aliphatic carbocycles. The minimum absolute atomic E-state index is 0.0126. The van der Waals surface area contributed by atoms with Gasteiger partial charge in [-0.3, -0.25) is 0 Å². The van der Waals surface area contributed by atoms with E-state index in [0.29, 0.717) is 19.8 Å². The van der Waals surface area contributed by atoms with Gasteiger partial charge in [0.25, 0.3) is 0 Å². The summed E-state index contributed by atoms with van der Waals surface area (Å²) in [4.78, 5) is 22.0. The Morgan fingerprint density at radius 3 is 3.00 bits per heavy atom. The number of imidazole rings is 1. The Labute approximate surface area is 143 Å². The molecule has 7 nitrogen and oxygen atoms in total. The molecule has 2 fully saturated rings. The molecule has 134 valence electrons. The van der Waals surface area contributed by atoms with Gasteiger partial charge in [0.05, 0.1) is 19.3 Å². The lowest BCUT2D eigenvalue weighted by molar-refractivity contribution is -0.153. The minimum atomic E-state index is -0.508. The van der Waals surface area contributed by atoms with Crippen molar-refractivity contribution in [3.63, 3.8) is 0 Å². The summed E-state index contributed by atoms with van der Waals surface area (Å²) in [5.41, 5.74) is 0. The van der Waals surface area contributed by atoms with Gasteiger partial charge in [-0.25, -0.2) is 9.78 Å². The molecule has 0 radical (unpaired) electrons. The number of hydrogen-bond donors (Lipinski definition) is 2. The lowest BCUT2D eigenvalue weighted by atomic mass is 10.0. The van der Waals surface area contributed by atoms with Crippen molar-refractivity contribution in [3.05, 3.63) is 18.2 Å². The molecule has 0 aromatic carbocycles. The van der Waals surface area contributed by atoms with Crippen LogP contribution in [-0.4, -0.2) is 53.0 Å². The number of aromatic amines is 1. The van der Waals surface area contributed by atoms with E-state index in [0.717, 1.165) is 38.1 Å². The van der Waals surface area contributed by atoms with Crippen LogP contribution in [0.25, 0.3) is 0 Å². The summed E-state index contributed by atoms with van der Waals surface area (Å²) < 4.78 is 11.3. The van der Waals surface area contributed by atoms with Crippen molar-refractivity contribution in [1.29, 1.82) is 0 Å². The zero-order valence-electron chi connectivity index (χ0n) is 14.6. The zero-order chi connectivity index (χ0) is 17.0. The fourth-order valence-electron chi connectivity index (χ4n) is 3.66. The van der Waals surface area contributed by atoms with Crippen molar-refractivity contribution in [3.8, 4) is 0 Å². The van der Waals surface area contributed by atoms with Crippen LogP contribution in [0.15, 0.2) is 12.4 Å². The number of rotatable bonds is 5. The van der Waals surface area contributed by atoms with Crippen molar-refractivity contribution >= 4 is 6.03 Å². The van der Waals surface area contributed by atoms with E-state index in [1.807, 2.05) is 18.0 Å². The van der Waals surface area contributed by atoms with Crippen LogP contribution < -0.4 is 5.32 Å². The largest absolute Gasteiger partial charge is 0.348 e. The van der Waals surface area contributed by atoms with Crippen LogP contribution in [0.1, 0.15) is 51.4 Å². The Morgan fingerprint density at radius 2 is 2.29 bits per heavy atom. The number of nitrogens with zero attached hydrogens (tertiary/aromatic N) is 2. The van der Waals surface area contributed by atoms with E-state index in [2.05, 4.69) is 22.2 Å². The predicted octanol–water partition coefficient (Wildman–Crippen LogP) is 2.44. The number of carbonyl (C=O) groups is 1. The number of aromatic nitrogens is 2. The number of ether oxygens (including phenoxy) is 2. The van der Waals surface area contributed by atoms with Crippen molar-refractivity contribution in [2.45, 2.75) is 51.4 Å². The minimum Gasteiger partial charge on any atom is -0.348 e. The molecule has 0 bridgehead atoms. The van der Waals surface area contributed by atoms with Crippen molar-refractivity contribution in [2.24, 2.45) is 5.92 Å². The second-order valence-electron chi connectivity index (χ2n) is 7.01. The highest BCUT2D eigenvalue weighted by Crippen LogP contribution is 2.29. The molecule has 2 unspecified atom stereocenters. The van der Waals surface area contributed by atoms with Gasteiger partial charge in [0.1, 0.15) is 5.82 Å². The number of piperidine rings is 1. The first-order chi connectivity index (χ1) is 11.6. The van der Waals surface area contributed by atoms with Crippen LogP contribution in [0.5, 0.6) is 0 Å². The van der Waals surface area contributed by atoms with Gasteiger partial charge in [0, 0.05) is 31.9 Å². The maximum atomic E-state index is 12.6. The van der Waals surface area contributed by atoms with Gasteiger partial charge in [-0.2, -0.15) is 0 Å². The van der Waals surface area contributed by atoms with E-state index in [1.54, 1.807) is 6.20 Å². The average Bonchev–Trinajstić information content (AvgIpc) is 3.24. The standard InChI is InChI=1S/C17H28N4O3/c1-13(11-17(2)23-9-10-24-17)12-20-16(22)21-8-4-3-5-14(21)15-18-6-7-19-15/h6-7,13-14H,3-5,8-12H2,1-2H3,(H,18,19)(H,20,22). The number of carbonyl (C=O) groups excluding carboxylic acids is 1. The number of hydrogen-bond acceptors (Lipinski definition) is 4. The third-order valence-corrected chi connectivity index (χ3v) is 4.82. The molecule has 1 aromatic heterocycles. The smallest absolute Gasteiger partial charge is 0.318 e. The van der Waals surface area contributed by atoms with Crippen LogP contribution in [0.2, 0.25) is 0 Å². The molecule has 24 heavy (non-hydrogen) atoms. The third-order valence-electron chi connectivity index (χ3n) is 4.82. The summed E-state index contributed by atoms with van der Waals surface area (Å²) in [6.45, 7) is 6.76. The molecular formula is C17H28N4O3. The Hall–Kier alpha value is -1.60. The number of H-pyrrole nitrogens is 1. The maximum Gasteiger partial charge on any atom is 0.318 e. The van der Waals surface area contributed by atoms with E-state index >= 15 is 0 Å². The second kappa shape index (κ2) is 7.53. The molecule has 7 heteroatoms. The first-order valence-corrected chi connectivity index (χ1v) is 8.89. The Balaban J connectivity index is 1.51. The number of amides is 2. The van der Waals surface area contributed by atoms with Crippen molar-refractivity contribution < 1.29 is 14.3 Å². The second-order valence-corrected chi connectivity index (χ2v) is 7.01. The highest BCUT2D eigenvalue weighted by molar-refractivity contribution is 5.74. The number of urea groups is 1. The lowest BCUT2D eigenvalue weighted by Crippen LogP contribution is -2.46. The highest BCUT2D eigenvalue weighted by atomic mass is 16.7. The van der Waals surface area contributed by atoms with Crippen LogP contribution in [0.3, 0.4) is 0 Å². The van der Waals surface area contributed by atoms with Crippen molar-refractivity contribution in [2.75, 3.05) is 26.3 Å². The fraction of sp³-hybridized carbons (Fsp3) is 0.765. The molecule has 2 aliphatic rings. The molecule has 3 heterocycles. The summed E-state index contributed by atoms with van der Waals surface area (Å²) in [7, 11) is 0. The molecule has 0 saturated carbocycles. The van der Waals surface area contributed by atoms with E-state index < -0.39 is 5.79 Å². The third kappa shape index (κ3) is 4.08. The normalized spacial score (nSPS) is 24.8. The molecule has 2 N–H and O–H groups in total. The summed E-state index contributed by atoms with van der Waals surface area (Å²) in [6, 6.07) is 0.0319. The topological polar surface area (TPSA) is 79.5 Å². The van der Waals surface area contributed by atoms with E-state index in [9.17, 15) is 4.79 Å². The number of likely N-dealkylation sites (tertiary alicyclic amines) is 1. The SMILES string of the molecule is CC(CNC(=O)N1CCCCC1c1ncc[nH]1)CC1(C)OCCO1. The average molecular weight is 336 g/mol. The summed E-state index contributed by atoms with van der Waals surface area (Å²) in [6.07, 6.45) is 7.44. The van der Waals surface area contributed by atoms with E-state index in [4.69, 9.17) is 9.47 Å².